The van der Waals surface area contributed by atoms with Crippen LogP contribution >= 0.6 is 0 Å². The first-order valence-corrected chi connectivity index (χ1v) is 10.0. The maximum absolute atomic E-state index is 13.2. The summed E-state index contributed by atoms with van der Waals surface area (Å²) in [6.45, 7) is 4.29. The Balaban J connectivity index is 1.37. The van der Waals surface area contributed by atoms with Gasteiger partial charge in [-0.25, -0.2) is 15.0 Å². The Morgan fingerprint density at radius 1 is 1.14 bits per heavy atom. The SMILES string of the molecule is O=C(c1ccc2nc[nH]c2c1)N1CCC[C@@]2(COCCN(c3ncccn3)C2)C1. The number of imidazole rings is 1. The highest BCUT2D eigenvalue weighted by Gasteiger charge is 2.41. The summed E-state index contributed by atoms with van der Waals surface area (Å²) in [5.41, 5.74) is 2.33. The van der Waals surface area contributed by atoms with Gasteiger partial charge in [0.25, 0.3) is 5.91 Å². The van der Waals surface area contributed by atoms with Crippen LogP contribution in [0.1, 0.15) is 23.2 Å². The Kier molecular flexibility index (Phi) is 4.63. The molecule has 2 fully saturated rings. The minimum Gasteiger partial charge on any atom is -0.379 e. The van der Waals surface area contributed by atoms with Gasteiger partial charge in [0.2, 0.25) is 5.95 Å². The molecule has 1 N–H and O–H groups in total. The number of amides is 1. The van der Waals surface area contributed by atoms with E-state index in [-0.39, 0.29) is 11.3 Å². The summed E-state index contributed by atoms with van der Waals surface area (Å²) in [4.78, 5) is 33.6. The highest BCUT2D eigenvalue weighted by Crippen LogP contribution is 2.34. The molecular weight excluding hydrogens is 368 g/mol. The molecule has 150 valence electrons. The van der Waals surface area contributed by atoms with Gasteiger partial charge in [-0.15, -0.1) is 0 Å². The minimum atomic E-state index is -0.109. The number of fused-ring (bicyclic) bond motifs is 1. The lowest BCUT2D eigenvalue weighted by atomic mass is 9.80. The predicted octanol–water partition coefficient (Wildman–Crippen LogP) is 2.11. The van der Waals surface area contributed by atoms with Crippen LogP contribution in [0.25, 0.3) is 11.0 Å². The zero-order valence-electron chi connectivity index (χ0n) is 16.3. The number of nitrogens with zero attached hydrogens (tertiary/aromatic N) is 5. The van der Waals surface area contributed by atoms with Crippen LogP contribution in [0.3, 0.4) is 0 Å². The van der Waals surface area contributed by atoms with E-state index < -0.39 is 0 Å². The molecule has 0 radical (unpaired) electrons. The van der Waals surface area contributed by atoms with Gasteiger partial charge in [-0.1, -0.05) is 0 Å². The number of hydrogen-bond donors (Lipinski definition) is 1. The highest BCUT2D eigenvalue weighted by molar-refractivity contribution is 5.97. The first-order valence-electron chi connectivity index (χ1n) is 10.0. The Morgan fingerprint density at radius 2 is 2.03 bits per heavy atom. The van der Waals surface area contributed by atoms with Gasteiger partial charge in [0.1, 0.15) is 0 Å². The van der Waals surface area contributed by atoms with Gasteiger partial charge in [-0.3, -0.25) is 4.79 Å². The number of nitrogens with one attached hydrogen (secondary N) is 1. The number of piperidine rings is 1. The number of aromatic nitrogens is 4. The van der Waals surface area contributed by atoms with Crippen LogP contribution in [0.4, 0.5) is 5.95 Å². The predicted molar refractivity (Wildman–Crippen MR) is 109 cm³/mol. The maximum Gasteiger partial charge on any atom is 0.253 e. The molecule has 0 unspecified atom stereocenters. The minimum absolute atomic E-state index is 0.0623. The molecule has 0 aliphatic carbocycles. The summed E-state index contributed by atoms with van der Waals surface area (Å²) in [6.07, 6.45) is 7.18. The van der Waals surface area contributed by atoms with Crippen molar-refractivity contribution < 1.29 is 9.53 Å². The van der Waals surface area contributed by atoms with Crippen molar-refractivity contribution in [2.24, 2.45) is 5.41 Å². The van der Waals surface area contributed by atoms with Crippen molar-refractivity contribution in [1.82, 2.24) is 24.8 Å². The Bertz CT molecular complexity index is 1010. The van der Waals surface area contributed by atoms with Gasteiger partial charge in [0.05, 0.1) is 30.6 Å². The van der Waals surface area contributed by atoms with Gasteiger partial charge in [-0.2, -0.15) is 0 Å². The van der Waals surface area contributed by atoms with Crippen molar-refractivity contribution in [3.8, 4) is 0 Å². The van der Waals surface area contributed by atoms with E-state index in [0.29, 0.717) is 25.3 Å². The van der Waals surface area contributed by atoms with Crippen molar-refractivity contribution in [3.05, 3.63) is 48.5 Å². The number of carbonyl (C=O) groups is 1. The second kappa shape index (κ2) is 7.44. The summed E-state index contributed by atoms with van der Waals surface area (Å²) < 4.78 is 5.97. The molecular formula is C21H24N6O2. The second-order valence-electron chi connectivity index (χ2n) is 7.99. The fourth-order valence-electron chi connectivity index (χ4n) is 4.50. The fraction of sp³-hybridized carbons (Fsp3) is 0.429. The first-order chi connectivity index (χ1) is 14.2. The molecule has 29 heavy (non-hydrogen) atoms. The zero-order chi connectivity index (χ0) is 19.7. The molecule has 4 heterocycles. The van der Waals surface area contributed by atoms with E-state index in [1.165, 1.54) is 0 Å². The lowest BCUT2D eigenvalue weighted by Gasteiger charge is -2.43. The monoisotopic (exact) mass is 392 g/mol. The summed E-state index contributed by atoms with van der Waals surface area (Å²) in [5, 5.41) is 0. The van der Waals surface area contributed by atoms with Gasteiger partial charge in [0.15, 0.2) is 0 Å². The molecule has 1 aromatic carbocycles. The number of rotatable bonds is 2. The van der Waals surface area contributed by atoms with Gasteiger partial charge in [0, 0.05) is 49.6 Å². The van der Waals surface area contributed by atoms with Crippen LogP contribution < -0.4 is 4.90 Å². The van der Waals surface area contributed by atoms with Crippen LogP contribution in [0, 0.1) is 5.41 Å². The topological polar surface area (TPSA) is 87.2 Å². The quantitative estimate of drug-likeness (QED) is 0.719. The summed E-state index contributed by atoms with van der Waals surface area (Å²) in [5.74, 6) is 0.790. The third-order valence-electron chi connectivity index (χ3n) is 5.89. The molecule has 2 aliphatic rings. The Morgan fingerprint density at radius 3 is 2.93 bits per heavy atom. The standard InChI is InChI=1S/C21H24N6O2/c28-19(16-3-4-17-18(11-16)25-15-24-17)26-8-1-5-21(12-26)13-27(9-10-29-14-21)20-22-6-2-7-23-20/h2-4,6-7,11,15H,1,5,8-10,12-14H2,(H,24,25)/t21-/m1/s1. The van der Waals surface area contributed by atoms with Crippen molar-refractivity contribution in [1.29, 1.82) is 0 Å². The smallest absolute Gasteiger partial charge is 0.253 e. The lowest BCUT2D eigenvalue weighted by molar-refractivity contribution is 0.0135. The van der Waals surface area contributed by atoms with Gasteiger partial charge in [-0.05, 0) is 37.1 Å². The van der Waals surface area contributed by atoms with E-state index in [2.05, 4.69) is 24.8 Å². The van der Waals surface area contributed by atoms with E-state index in [4.69, 9.17) is 4.74 Å². The largest absolute Gasteiger partial charge is 0.379 e. The third-order valence-corrected chi connectivity index (χ3v) is 5.89. The average Bonchev–Trinajstić information content (AvgIpc) is 3.15. The third kappa shape index (κ3) is 3.55. The van der Waals surface area contributed by atoms with E-state index in [0.717, 1.165) is 49.5 Å². The molecule has 3 aromatic rings. The molecule has 1 atom stereocenters. The van der Waals surface area contributed by atoms with Crippen LogP contribution in [0.2, 0.25) is 0 Å². The molecule has 1 spiro atoms. The number of hydrogen-bond acceptors (Lipinski definition) is 6. The van der Waals surface area contributed by atoms with Crippen molar-refractivity contribution in [2.75, 3.05) is 44.3 Å². The van der Waals surface area contributed by atoms with Gasteiger partial charge < -0.3 is 19.5 Å². The number of carbonyl (C=O) groups excluding carboxylic acids is 1. The molecule has 2 saturated heterocycles. The molecule has 0 bridgehead atoms. The number of anilines is 1. The molecule has 8 heteroatoms. The van der Waals surface area contributed by atoms with E-state index in [1.54, 1.807) is 18.7 Å². The van der Waals surface area contributed by atoms with Gasteiger partial charge >= 0.3 is 0 Å². The normalized spacial score (nSPS) is 22.8. The van der Waals surface area contributed by atoms with E-state index in [9.17, 15) is 4.79 Å². The molecule has 5 rings (SSSR count). The second-order valence-corrected chi connectivity index (χ2v) is 7.99. The highest BCUT2D eigenvalue weighted by atomic mass is 16.5. The molecule has 8 nitrogen and oxygen atoms in total. The number of ether oxygens (including phenoxy) is 1. The Hall–Kier alpha value is -3.00. The van der Waals surface area contributed by atoms with Crippen molar-refractivity contribution in [2.45, 2.75) is 12.8 Å². The first kappa shape index (κ1) is 18.1. The summed E-state index contributed by atoms with van der Waals surface area (Å²) in [6, 6.07) is 7.47. The fourth-order valence-corrected chi connectivity index (χ4v) is 4.50. The molecule has 2 aromatic heterocycles. The van der Waals surface area contributed by atoms with Crippen molar-refractivity contribution in [3.63, 3.8) is 0 Å². The number of H-pyrrole nitrogens is 1. The number of likely N-dealkylation sites (tertiary alicyclic amines) is 1. The van der Waals surface area contributed by atoms with Crippen molar-refractivity contribution >= 4 is 22.9 Å². The molecule has 1 amide bonds. The number of benzene rings is 1. The molecule has 2 aliphatic heterocycles. The zero-order valence-corrected chi connectivity index (χ0v) is 16.3. The van der Waals surface area contributed by atoms with Crippen LogP contribution in [-0.4, -0.2) is 70.1 Å². The van der Waals surface area contributed by atoms with E-state index in [1.807, 2.05) is 29.2 Å². The average molecular weight is 392 g/mol. The van der Waals surface area contributed by atoms with Crippen LogP contribution in [0.15, 0.2) is 43.0 Å². The summed E-state index contributed by atoms with van der Waals surface area (Å²) in [7, 11) is 0. The summed E-state index contributed by atoms with van der Waals surface area (Å²) >= 11 is 0. The van der Waals surface area contributed by atoms with E-state index >= 15 is 0 Å². The van der Waals surface area contributed by atoms with Crippen LogP contribution in [0.5, 0.6) is 0 Å². The maximum atomic E-state index is 13.2. The van der Waals surface area contributed by atoms with Crippen LogP contribution in [-0.2, 0) is 4.74 Å². The lowest BCUT2D eigenvalue weighted by Crippen LogP contribution is -2.52. The molecule has 0 saturated carbocycles. The Labute approximate surface area is 168 Å². The number of aromatic amines is 1.